The average Bonchev–Trinajstić information content (AvgIpc) is 2.74. The number of aromatic nitrogens is 1. The zero-order valence-electron chi connectivity index (χ0n) is 8.90. The molecule has 16 heavy (non-hydrogen) atoms. The van der Waals surface area contributed by atoms with Gasteiger partial charge in [0.1, 0.15) is 5.00 Å². The molecule has 1 saturated heterocycles. The highest BCUT2D eigenvalue weighted by molar-refractivity contribution is 7.11. The molecular formula is C12H13ClN2S. The van der Waals surface area contributed by atoms with Crippen molar-refractivity contribution in [1.82, 2.24) is 4.37 Å². The molecule has 2 aromatic rings. The third-order valence-corrected chi connectivity index (χ3v) is 4.45. The molecule has 2 nitrogen and oxygen atoms in total. The van der Waals surface area contributed by atoms with Gasteiger partial charge < -0.3 is 4.90 Å². The molecule has 1 aromatic heterocycles. The molecule has 0 atom stereocenters. The topological polar surface area (TPSA) is 16.1 Å². The summed E-state index contributed by atoms with van der Waals surface area (Å²) in [5.41, 5.74) is 1.11. The standard InChI is InChI=1S/C12H13ClN2S/c13-9-5-7-15(8-6-9)12-10-3-1-2-4-11(10)14-16-12/h1-4,9H,5-8H2. The molecule has 84 valence electrons. The van der Waals surface area contributed by atoms with Crippen LogP contribution in [0.25, 0.3) is 10.9 Å². The van der Waals surface area contributed by atoms with Gasteiger partial charge in [0.2, 0.25) is 0 Å². The smallest absolute Gasteiger partial charge is 0.119 e. The lowest BCUT2D eigenvalue weighted by atomic mass is 10.1. The van der Waals surface area contributed by atoms with Crippen LogP contribution in [0.2, 0.25) is 0 Å². The van der Waals surface area contributed by atoms with E-state index in [0.717, 1.165) is 31.4 Å². The maximum absolute atomic E-state index is 6.12. The van der Waals surface area contributed by atoms with E-state index in [1.807, 2.05) is 6.07 Å². The number of fused-ring (bicyclic) bond motifs is 1. The first-order chi connectivity index (χ1) is 7.84. The number of alkyl halides is 1. The van der Waals surface area contributed by atoms with Crippen molar-refractivity contribution in [3.05, 3.63) is 24.3 Å². The van der Waals surface area contributed by atoms with Crippen LogP contribution >= 0.6 is 23.1 Å². The summed E-state index contributed by atoms with van der Waals surface area (Å²) < 4.78 is 4.48. The molecule has 1 aromatic carbocycles. The minimum Gasteiger partial charge on any atom is -0.362 e. The lowest BCUT2D eigenvalue weighted by molar-refractivity contribution is 0.589. The fourth-order valence-corrected chi connectivity index (χ4v) is 3.26. The fourth-order valence-electron chi connectivity index (χ4n) is 2.15. The van der Waals surface area contributed by atoms with Gasteiger partial charge in [-0.25, -0.2) is 0 Å². The Morgan fingerprint density at radius 3 is 2.81 bits per heavy atom. The molecule has 0 bridgehead atoms. The van der Waals surface area contributed by atoms with Gasteiger partial charge in [-0.15, -0.1) is 11.6 Å². The summed E-state index contributed by atoms with van der Waals surface area (Å²) in [7, 11) is 0. The molecule has 0 N–H and O–H groups in total. The Kier molecular flexibility index (Phi) is 2.74. The molecule has 1 aliphatic rings. The predicted molar refractivity (Wildman–Crippen MR) is 70.7 cm³/mol. The zero-order valence-corrected chi connectivity index (χ0v) is 10.5. The van der Waals surface area contributed by atoms with Gasteiger partial charge in [0, 0.05) is 23.9 Å². The van der Waals surface area contributed by atoms with Gasteiger partial charge in [0.15, 0.2) is 0 Å². The quantitative estimate of drug-likeness (QED) is 0.722. The fraction of sp³-hybridized carbons (Fsp3) is 0.417. The Morgan fingerprint density at radius 2 is 2.00 bits per heavy atom. The minimum absolute atomic E-state index is 0.357. The van der Waals surface area contributed by atoms with E-state index in [-0.39, 0.29) is 0 Å². The number of rotatable bonds is 1. The molecule has 4 heteroatoms. The number of hydrogen-bond donors (Lipinski definition) is 0. The third-order valence-electron chi connectivity index (χ3n) is 3.08. The van der Waals surface area contributed by atoms with Crippen molar-refractivity contribution in [2.75, 3.05) is 18.0 Å². The van der Waals surface area contributed by atoms with Crippen LogP contribution in [0, 0.1) is 0 Å². The van der Waals surface area contributed by atoms with Crippen molar-refractivity contribution in [3.63, 3.8) is 0 Å². The van der Waals surface area contributed by atoms with Gasteiger partial charge in [-0.1, -0.05) is 12.1 Å². The summed E-state index contributed by atoms with van der Waals surface area (Å²) in [5, 5.41) is 2.94. The van der Waals surface area contributed by atoms with Crippen molar-refractivity contribution < 1.29 is 0 Å². The van der Waals surface area contributed by atoms with Gasteiger partial charge in [-0.2, -0.15) is 4.37 Å². The number of piperidine rings is 1. The van der Waals surface area contributed by atoms with Crippen LogP contribution in [-0.2, 0) is 0 Å². The Balaban J connectivity index is 1.94. The first-order valence-corrected chi connectivity index (χ1v) is 6.79. The molecule has 0 amide bonds. The van der Waals surface area contributed by atoms with Gasteiger partial charge in [-0.05, 0) is 36.5 Å². The van der Waals surface area contributed by atoms with Gasteiger partial charge >= 0.3 is 0 Å². The van der Waals surface area contributed by atoms with E-state index in [1.165, 1.54) is 10.4 Å². The Morgan fingerprint density at radius 1 is 1.25 bits per heavy atom. The SMILES string of the molecule is ClC1CCN(c2snc3ccccc23)CC1. The Hall–Kier alpha value is -0.800. The highest BCUT2D eigenvalue weighted by Crippen LogP contribution is 2.33. The summed E-state index contributed by atoms with van der Waals surface area (Å²) in [4.78, 5) is 2.42. The van der Waals surface area contributed by atoms with Crippen LogP contribution in [0.5, 0.6) is 0 Å². The van der Waals surface area contributed by atoms with Crippen LogP contribution < -0.4 is 4.90 Å². The Bertz CT molecular complexity index is 488. The van der Waals surface area contributed by atoms with E-state index in [4.69, 9.17) is 11.6 Å². The summed E-state index contributed by atoms with van der Waals surface area (Å²) in [6, 6.07) is 8.34. The summed E-state index contributed by atoms with van der Waals surface area (Å²) >= 11 is 7.73. The van der Waals surface area contributed by atoms with Crippen molar-refractivity contribution in [3.8, 4) is 0 Å². The van der Waals surface area contributed by atoms with Crippen molar-refractivity contribution in [2.45, 2.75) is 18.2 Å². The molecule has 0 spiro atoms. The summed E-state index contributed by atoms with van der Waals surface area (Å²) in [6.45, 7) is 2.11. The second-order valence-electron chi connectivity index (χ2n) is 4.17. The maximum Gasteiger partial charge on any atom is 0.119 e. The van der Waals surface area contributed by atoms with Crippen LogP contribution in [0.3, 0.4) is 0 Å². The molecule has 0 radical (unpaired) electrons. The first-order valence-electron chi connectivity index (χ1n) is 5.58. The monoisotopic (exact) mass is 252 g/mol. The van der Waals surface area contributed by atoms with Crippen molar-refractivity contribution in [1.29, 1.82) is 0 Å². The lowest BCUT2D eigenvalue weighted by Gasteiger charge is -2.29. The van der Waals surface area contributed by atoms with Crippen molar-refractivity contribution in [2.24, 2.45) is 0 Å². The molecule has 0 saturated carbocycles. The van der Waals surface area contributed by atoms with Crippen LogP contribution in [-0.4, -0.2) is 22.8 Å². The van der Waals surface area contributed by atoms with E-state index in [9.17, 15) is 0 Å². The molecule has 1 aliphatic heterocycles. The van der Waals surface area contributed by atoms with Gasteiger partial charge in [0.25, 0.3) is 0 Å². The summed E-state index contributed by atoms with van der Waals surface area (Å²) in [6.07, 6.45) is 2.15. The average molecular weight is 253 g/mol. The second-order valence-corrected chi connectivity index (χ2v) is 5.54. The lowest BCUT2D eigenvalue weighted by Crippen LogP contribution is -2.33. The van der Waals surface area contributed by atoms with Gasteiger partial charge in [-0.3, -0.25) is 0 Å². The van der Waals surface area contributed by atoms with E-state index < -0.39 is 0 Å². The first kappa shape index (κ1) is 10.4. The largest absolute Gasteiger partial charge is 0.362 e. The van der Waals surface area contributed by atoms with Gasteiger partial charge in [0.05, 0.1) is 5.52 Å². The highest BCUT2D eigenvalue weighted by atomic mass is 35.5. The minimum atomic E-state index is 0.357. The number of nitrogens with zero attached hydrogens (tertiary/aromatic N) is 2. The number of halogens is 1. The number of hydrogen-bond acceptors (Lipinski definition) is 3. The normalized spacial score (nSPS) is 18.2. The van der Waals surface area contributed by atoms with Crippen LogP contribution in [0.1, 0.15) is 12.8 Å². The number of anilines is 1. The maximum atomic E-state index is 6.12. The zero-order chi connectivity index (χ0) is 11.0. The van der Waals surface area contributed by atoms with E-state index in [1.54, 1.807) is 11.5 Å². The third kappa shape index (κ3) is 1.78. The molecule has 1 fully saturated rings. The van der Waals surface area contributed by atoms with E-state index in [0.29, 0.717) is 5.38 Å². The van der Waals surface area contributed by atoms with E-state index in [2.05, 4.69) is 27.5 Å². The van der Waals surface area contributed by atoms with E-state index >= 15 is 0 Å². The molecule has 2 heterocycles. The Labute approximate surface area is 104 Å². The summed E-state index contributed by atoms with van der Waals surface area (Å²) in [5.74, 6) is 0. The molecular weight excluding hydrogens is 240 g/mol. The van der Waals surface area contributed by atoms with Crippen LogP contribution in [0.15, 0.2) is 24.3 Å². The van der Waals surface area contributed by atoms with Crippen LogP contribution in [0.4, 0.5) is 5.00 Å². The molecule has 0 aliphatic carbocycles. The second kappa shape index (κ2) is 4.22. The number of benzene rings is 1. The molecule has 3 rings (SSSR count). The predicted octanol–water partition coefficient (Wildman–Crippen LogP) is 3.50. The highest BCUT2D eigenvalue weighted by Gasteiger charge is 2.20. The molecule has 0 unspecified atom stereocenters. The van der Waals surface area contributed by atoms with Crippen molar-refractivity contribution >= 4 is 39.0 Å².